The fraction of sp³-hybridized carbons (Fsp3) is 0.455. The SMILES string of the molecule is CC(Br)CCCc1ccc(I)cc1. The van der Waals surface area contributed by atoms with Crippen LogP contribution in [-0.4, -0.2) is 4.83 Å². The predicted octanol–water partition coefficient (Wildman–Crippen LogP) is 4.40. The second-order valence-corrected chi connectivity index (χ2v) is 6.11. The Morgan fingerprint density at radius 3 is 2.46 bits per heavy atom. The van der Waals surface area contributed by atoms with Crippen molar-refractivity contribution >= 4 is 38.5 Å². The van der Waals surface area contributed by atoms with Crippen LogP contribution >= 0.6 is 38.5 Å². The van der Waals surface area contributed by atoms with Crippen LogP contribution in [0.4, 0.5) is 0 Å². The van der Waals surface area contributed by atoms with Crippen LogP contribution in [0.15, 0.2) is 24.3 Å². The van der Waals surface area contributed by atoms with Gasteiger partial charge in [0.05, 0.1) is 0 Å². The van der Waals surface area contributed by atoms with Gasteiger partial charge in [0.2, 0.25) is 0 Å². The van der Waals surface area contributed by atoms with Gasteiger partial charge in [-0.1, -0.05) is 35.0 Å². The van der Waals surface area contributed by atoms with Crippen LogP contribution in [0.2, 0.25) is 0 Å². The number of aryl methyl sites for hydroxylation is 1. The van der Waals surface area contributed by atoms with E-state index in [0.717, 1.165) is 0 Å². The molecule has 13 heavy (non-hydrogen) atoms. The molecule has 0 aliphatic heterocycles. The Bertz CT molecular complexity index is 241. The van der Waals surface area contributed by atoms with Crippen molar-refractivity contribution in [1.29, 1.82) is 0 Å². The van der Waals surface area contributed by atoms with Crippen molar-refractivity contribution in [3.63, 3.8) is 0 Å². The number of rotatable bonds is 4. The lowest BCUT2D eigenvalue weighted by molar-refractivity contribution is 0.736. The Kier molecular flexibility index (Phi) is 5.32. The normalized spacial score (nSPS) is 12.8. The van der Waals surface area contributed by atoms with Crippen molar-refractivity contribution in [2.75, 3.05) is 0 Å². The summed E-state index contributed by atoms with van der Waals surface area (Å²) in [6.07, 6.45) is 3.73. The topological polar surface area (TPSA) is 0 Å². The maximum Gasteiger partial charge on any atom is 0.0130 e. The maximum absolute atomic E-state index is 3.56. The van der Waals surface area contributed by atoms with E-state index in [1.807, 2.05) is 0 Å². The Hall–Kier alpha value is 0.430. The van der Waals surface area contributed by atoms with Crippen LogP contribution in [0.25, 0.3) is 0 Å². The molecule has 1 unspecified atom stereocenters. The van der Waals surface area contributed by atoms with Gasteiger partial charge in [0.25, 0.3) is 0 Å². The first-order chi connectivity index (χ1) is 6.18. The number of alkyl halides is 1. The minimum atomic E-state index is 0.649. The van der Waals surface area contributed by atoms with E-state index in [1.165, 1.54) is 28.4 Å². The van der Waals surface area contributed by atoms with Crippen LogP contribution in [-0.2, 0) is 6.42 Å². The van der Waals surface area contributed by atoms with Gasteiger partial charge in [0, 0.05) is 8.40 Å². The molecule has 0 amide bonds. The van der Waals surface area contributed by atoms with Crippen molar-refractivity contribution in [3.05, 3.63) is 33.4 Å². The van der Waals surface area contributed by atoms with Crippen LogP contribution in [0.1, 0.15) is 25.3 Å². The zero-order valence-corrected chi connectivity index (χ0v) is 11.5. The van der Waals surface area contributed by atoms with Crippen LogP contribution in [0.5, 0.6) is 0 Å². The molecule has 0 aromatic heterocycles. The van der Waals surface area contributed by atoms with E-state index < -0.39 is 0 Å². The minimum Gasteiger partial charge on any atom is -0.0894 e. The number of benzene rings is 1. The van der Waals surface area contributed by atoms with Crippen molar-refractivity contribution < 1.29 is 0 Å². The summed E-state index contributed by atoms with van der Waals surface area (Å²) in [5.41, 5.74) is 1.45. The predicted molar refractivity (Wildman–Crippen MR) is 70.5 cm³/mol. The number of halogens is 2. The largest absolute Gasteiger partial charge is 0.0894 e. The first-order valence-electron chi connectivity index (χ1n) is 4.57. The van der Waals surface area contributed by atoms with Gasteiger partial charge in [-0.05, 0) is 59.5 Å². The zero-order chi connectivity index (χ0) is 9.68. The number of hydrogen-bond acceptors (Lipinski definition) is 0. The summed E-state index contributed by atoms with van der Waals surface area (Å²) < 4.78 is 1.32. The molecule has 0 saturated carbocycles. The lowest BCUT2D eigenvalue weighted by atomic mass is 10.1. The Morgan fingerprint density at radius 2 is 1.92 bits per heavy atom. The second-order valence-electron chi connectivity index (χ2n) is 3.30. The molecule has 0 radical (unpaired) electrons. The fourth-order valence-electron chi connectivity index (χ4n) is 1.24. The van der Waals surface area contributed by atoms with Crippen LogP contribution < -0.4 is 0 Å². The van der Waals surface area contributed by atoms with Gasteiger partial charge in [0.15, 0.2) is 0 Å². The molecule has 1 atom stereocenters. The van der Waals surface area contributed by atoms with Crippen molar-refractivity contribution in [1.82, 2.24) is 0 Å². The monoisotopic (exact) mass is 352 g/mol. The third-order valence-corrected chi connectivity index (χ3v) is 3.16. The molecule has 0 nitrogen and oxygen atoms in total. The lowest BCUT2D eigenvalue weighted by Gasteiger charge is -2.03. The Morgan fingerprint density at radius 1 is 1.31 bits per heavy atom. The summed E-state index contributed by atoms with van der Waals surface area (Å²) in [4.78, 5) is 0.649. The molecule has 1 aromatic rings. The zero-order valence-electron chi connectivity index (χ0n) is 7.76. The number of hydrogen-bond donors (Lipinski definition) is 0. The summed E-state index contributed by atoms with van der Waals surface area (Å²) in [5, 5.41) is 0. The molecule has 2 heteroatoms. The van der Waals surface area contributed by atoms with E-state index in [1.54, 1.807) is 0 Å². The molecule has 0 bridgehead atoms. The van der Waals surface area contributed by atoms with Gasteiger partial charge in [-0.25, -0.2) is 0 Å². The molecule has 0 fully saturated rings. The Balaban J connectivity index is 2.33. The van der Waals surface area contributed by atoms with Crippen LogP contribution in [0.3, 0.4) is 0 Å². The van der Waals surface area contributed by atoms with Gasteiger partial charge in [0.1, 0.15) is 0 Å². The highest BCUT2D eigenvalue weighted by Crippen LogP contribution is 2.12. The maximum atomic E-state index is 3.56. The highest BCUT2D eigenvalue weighted by molar-refractivity contribution is 14.1. The molecule has 0 aliphatic carbocycles. The summed E-state index contributed by atoms with van der Waals surface area (Å²) in [5.74, 6) is 0. The third kappa shape index (κ3) is 5.01. The van der Waals surface area contributed by atoms with Gasteiger partial charge < -0.3 is 0 Å². The average molecular weight is 353 g/mol. The van der Waals surface area contributed by atoms with Crippen LogP contribution in [0, 0.1) is 3.57 Å². The highest BCUT2D eigenvalue weighted by Gasteiger charge is 1.97. The Labute approximate surface area is 102 Å². The third-order valence-electron chi connectivity index (χ3n) is 1.98. The summed E-state index contributed by atoms with van der Waals surface area (Å²) >= 11 is 5.90. The molecule has 0 spiro atoms. The smallest absolute Gasteiger partial charge is 0.0130 e. The highest BCUT2D eigenvalue weighted by atomic mass is 127. The molecular weight excluding hydrogens is 339 g/mol. The summed E-state index contributed by atoms with van der Waals surface area (Å²) in [7, 11) is 0. The molecular formula is C11H14BrI. The molecule has 1 rings (SSSR count). The summed E-state index contributed by atoms with van der Waals surface area (Å²) in [6, 6.07) is 8.79. The molecule has 72 valence electrons. The lowest BCUT2D eigenvalue weighted by Crippen LogP contribution is -1.92. The van der Waals surface area contributed by atoms with Crippen molar-refractivity contribution in [3.8, 4) is 0 Å². The van der Waals surface area contributed by atoms with Gasteiger partial charge in [-0.2, -0.15) is 0 Å². The first kappa shape index (κ1) is 11.5. The van der Waals surface area contributed by atoms with E-state index in [2.05, 4.69) is 69.7 Å². The molecule has 0 saturated heterocycles. The molecule has 1 aromatic carbocycles. The molecule has 0 N–H and O–H groups in total. The van der Waals surface area contributed by atoms with Gasteiger partial charge >= 0.3 is 0 Å². The molecule has 0 aliphatic rings. The van der Waals surface area contributed by atoms with Crippen molar-refractivity contribution in [2.24, 2.45) is 0 Å². The van der Waals surface area contributed by atoms with Gasteiger partial charge in [-0.3, -0.25) is 0 Å². The van der Waals surface area contributed by atoms with E-state index in [-0.39, 0.29) is 0 Å². The standard InChI is InChI=1S/C11H14BrI/c1-9(12)3-2-4-10-5-7-11(13)8-6-10/h5-9H,2-4H2,1H3. The molecule has 0 heterocycles. The minimum absolute atomic E-state index is 0.649. The average Bonchev–Trinajstić information content (AvgIpc) is 2.08. The van der Waals surface area contributed by atoms with E-state index in [9.17, 15) is 0 Å². The van der Waals surface area contributed by atoms with Crippen molar-refractivity contribution in [2.45, 2.75) is 31.0 Å². The van der Waals surface area contributed by atoms with E-state index in [4.69, 9.17) is 0 Å². The fourth-order valence-corrected chi connectivity index (χ4v) is 1.92. The van der Waals surface area contributed by atoms with E-state index >= 15 is 0 Å². The second kappa shape index (κ2) is 6.02. The summed E-state index contributed by atoms with van der Waals surface area (Å²) in [6.45, 7) is 2.20. The quantitative estimate of drug-likeness (QED) is 0.556. The van der Waals surface area contributed by atoms with E-state index in [0.29, 0.717) is 4.83 Å². The first-order valence-corrected chi connectivity index (χ1v) is 6.56. The van der Waals surface area contributed by atoms with Gasteiger partial charge in [-0.15, -0.1) is 0 Å².